The number of pyridine rings is 1. The summed E-state index contributed by atoms with van der Waals surface area (Å²) in [6.07, 6.45) is 0.301. The van der Waals surface area contributed by atoms with Gasteiger partial charge in [-0.05, 0) is 38.8 Å². The second-order valence-corrected chi connectivity index (χ2v) is 6.29. The monoisotopic (exact) mass is 330 g/mol. The topological polar surface area (TPSA) is 91.8 Å². The van der Waals surface area contributed by atoms with Crippen molar-refractivity contribution < 1.29 is 9.32 Å². The van der Waals surface area contributed by atoms with E-state index in [1.165, 1.54) is 11.8 Å². The molecule has 2 rings (SSSR count). The van der Waals surface area contributed by atoms with Gasteiger partial charge in [-0.25, -0.2) is 4.98 Å². The van der Waals surface area contributed by atoms with Gasteiger partial charge in [-0.2, -0.15) is 5.26 Å². The molecule has 7 heteroatoms. The lowest BCUT2D eigenvalue weighted by molar-refractivity contribution is -0.115. The van der Waals surface area contributed by atoms with Gasteiger partial charge in [0.15, 0.2) is 5.82 Å². The zero-order valence-corrected chi connectivity index (χ0v) is 14.4. The summed E-state index contributed by atoms with van der Waals surface area (Å²) in [5.74, 6) is 1.44. The zero-order valence-electron chi connectivity index (χ0n) is 13.6. The summed E-state index contributed by atoms with van der Waals surface area (Å²) in [5, 5.41) is 16.4. The molecule has 0 aliphatic heterocycles. The molecule has 0 aromatic carbocycles. The third kappa shape index (κ3) is 4.11. The maximum Gasteiger partial charge on any atom is 0.226 e. The fourth-order valence-corrected chi connectivity index (χ4v) is 3.04. The molecule has 2 heterocycles. The van der Waals surface area contributed by atoms with Gasteiger partial charge >= 0.3 is 0 Å². The quantitative estimate of drug-likeness (QED) is 0.846. The molecule has 0 saturated carbocycles. The van der Waals surface area contributed by atoms with E-state index in [0.29, 0.717) is 34.3 Å². The van der Waals surface area contributed by atoms with Crippen LogP contribution in [0.1, 0.15) is 34.6 Å². The summed E-state index contributed by atoms with van der Waals surface area (Å²) in [6.45, 7) is 7.56. The molecule has 0 spiro atoms. The number of nitrogens with one attached hydrogen (secondary N) is 1. The maximum atomic E-state index is 11.9. The fourth-order valence-electron chi connectivity index (χ4n) is 2.02. The second-order valence-electron chi connectivity index (χ2n) is 5.21. The molecule has 0 atom stereocenters. The van der Waals surface area contributed by atoms with Crippen molar-refractivity contribution in [2.45, 2.75) is 39.1 Å². The first kappa shape index (κ1) is 17.0. The Morgan fingerprint density at radius 1 is 1.35 bits per heavy atom. The first-order valence-electron chi connectivity index (χ1n) is 7.16. The molecule has 0 radical (unpaired) electrons. The lowest BCUT2D eigenvalue weighted by Gasteiger charge is -2.10. The standard InChI is InChI=1S/C16H18N4O2S/c1-9-7-14(20-22-9)19-15(21)5-6-23-16-13(8-17)11(3)10(2)12(4)18-16/h7H,5-6H2,1-4H3,(H,19,20,21). The van der Waals surface area contributed by atoms with Crippen LogP contribution in [0.3, 0.4) is 0 Å². The minimum absolute atomic E-state index is 0.148. The van der Waals surface area contributed by atoms with Crippen LogP contribution in [0.25, 0.3) is 0 Å². The minimum Gasteiger partial charge on any atom is -0.360 e. The SMILES string of the molecule is Cc1cc(NC(=O)CCSc2nc(C)c(C)c(C)c2C#N)no1. The van der Waals surface area contributed by atoms with E-state index in [1.54, 1.807) is 13.0 Å². The zero-order chi connectivity index (χ0) is 17.0. The number of aromatic nitrogens is 2. The Morgan fingerprint density at radius 3 is 2.70 bits per heavy atom. The Hall–Kier alpha value is -2.33. The number of anilines is 1. The Balaban J connectivity index is 1.96. The molecule has 23 heavy (non-hydrogen) atoms. The van der Waals surface area contributed by atoms with Crippen molar-refractivity contribution in [3.8, 4) is 6.07 Å². The molecule has 6 nitrogen and oxygen atoms in total. The predicted octanol–water partition coefficient (Wildman–Crippen LogP) is 3.30. The second kappa shape index (κ2) is 7.29. The summed E-state index contributed by atoms with van der Waals surface area (Å²) in [4.78, 5) is 16.3. The van der Waals surface area contributed by atoms with E-state index in [9.17, 15) is 10.1 Å². The van der Waals surface area contributed by atoms with Crippen LogP contribution in [-0.2, 0) is 4.79 Å². The summed E-state index contributed by atoms with van der Waals surface area (Å²) in [5.41, 5.74) is 3.48. The minimum atomic E-state index is -0.148. The number of amides is 1. The van der Waals surface area contributed by atoms with E-state index in [0.717, 1.165) is 16.8 Å². The highest BCUT2D eigenvalue weighted by molar-refractivity contribution is 7.99. The van der Waals surface area contributed by atoms with Crippen molar-refractivity contribution in [2.24, 2.45) is 0 Å². The summed E-state index contributed by atoms with van der Waals surface area (Å²) < 4.78 is 4.89. The third-order valence-electron chi connectivity index (χ3n) is 3.54. The van der Waals surface area contributed by atoms with Gasteiger partial charge in [0, 0.05) is 23.9 Å². The van der Waals surface area contributed by atoms with Crippen molar-refractivity contribution in [3.63, 3.8) is 0 Å². The number of nitrogens with zero attached hydrogens (tertiary/aromatic N) is 3. The van der Waals surface area contributed by atoms with E-state index >= 15 is 0 Å². The highest BCUT2D eigenvalue weighted by atomic mass is 32.2. The number of aryl methyl sites for hydroxylation is 2. The lowest BCUT2D eigenvalue weighted by Crippen LogP contribution is -2.12. The van der Waals surface area contributed by atoms with Crippen LogP contribution in [0.15, 0.2) is 15.6 Å². The van der Waals surface area contributed by atoms with Crippen molar-refractivity contribution in [1.29, 1.82) is 5.26 Å². The van der Waals surface area contributed by atoms with E-state index in [4.69, 9.17) is 4.52 Å². The first-order chi connectivity index (χ1) is 10.9. The summed E-state index contributed by atoms with van der Waals surface area (Å²) in [7, 11) is 0. The van der Waals surface area contributed by atoms with Gasteiger partial charge in [0.1, 0.15) is 16.9 Å². The molecule has 120 valence electrons. The largest absolute Gasteiger partial charge is 0.360 e. The van der Waals surface area contributed by atoms with E-state index in [2.05, 4.69) is 21.5 Å². The van der Waals surface area contributed by atoms with Gasteiger partial charge < -0.3 is 9.84 Å². The molecular weight excluding hydrogens is 312 g/mol. The van der Waals surface area contributed by atoms with Crippen molar-refractivity contribution in [1.82, 2.24) is 10.1 Å². The molecule has 0 aliphatic carbocycles. The van der Waals surface area contributed by atoms with Gasteiger partial charge in [0.2, 0.25) is 5.91 Å². The van der Waals surface area contributed by atoms with Crippen molar-refractivity contribution in [3.05, 3.63) is 34.2 Å². The Kier molecular flexibility index (Phi) is 5.40. The highest BCUT2D eigenvalue weighted by Crippen LogP contribution is 2.26. The fraction of sp³-hybridized carbons (Fsp3) is 0.375. The van der Waals surface area contributed by atoms with Crippen LogP contribution in [0, 0.1) is 39.0 Å². The summed E-state index contributed by atoms with van der Waals surface area (Å²) in [6, 6.07) is 3.87. The summed E-state index contributed by atoms with van der Waals surface area (Å²) >= 11 is 1.41. The Morgan fingerprint density at radius 2 is 2.09 bits per heavy atom. The van der Waals surface area contributed by atoms with Gasteiger partial charge in [-0.1, -0.05) is 5.16 Å². The molecule has 2 aromatic heterocycles. The molecule has 0 unspecified atom stereocenters. The molecular formula is C16H18N4O2S. The number of hydrogen-bond donors (Lipinski definition) is 1. The van der Waals surface area contributed by atoms with Crippen molar-refractivity contribution >= 4 is 23.5 Å². The normalized spacial score (nSPS) is 10.4. The van der Waals surface area contributed by atoms with Crippen LogP contribution in [-0.4, -0.2) is 21.8 Å². The highest BCUT2D eigenvalue weighted by Gasteiger charge is 2.13. The number of rotatable bonds is 5. The number of carbonyl (C=O) groups is 1. The van der Waals surface area contributed by atoms with Gasteiger partial charge in [0.05, 0.1) is 5.56 Å². The van der Waals surface area contributed by atoms with Crippen LogP contribution in [0.5, 0.6) is 0 Å². The number of carbonyl (C=O) groups excluding carboxylic acids is 1. The average Bonchev–Trinajstić information content (AvgIpc) is 2.90. The molecule has 0 aliphatic rings. The number of hydrogen-bond acceptors (Lipinski definition) is 6. The van der Waals surface area contributed by atoms with Gasteiger partial charge in [-0.15, -0.1) is 11.8 Å². The van der Waals surface area contributed by atoms with Crippen molar-refractivity contribution in [2.75, 3.05) is 11.1 Å². The van der Waals surface area contributed by atoms with Gasteiger partial charge in [-0.3, -0.25) is 4.79 Å². The lowest BCUT2D eigenvalue weighted by atomic mass is 10.1. The van der Waals surface area contributed by atoms with Crippen LogP contribution < -0.4 is 5.32 Å². The van der Waals surface area contributed by atoms with Gasteiger partial charge in [0.25, 0.3) is 0 Å². The molecule has 2 aromatic rings. The van der Waals surface area contributed by atoms with Crippen LogP contribution >= 0.6 is 11.8 Å². The van der Waals surface area contributed by atoms with Crippen LogP contribution in [0.2, 0.25) is 0 Å². The predicted molar refractivity (Wildman–Crippen MR) is 88.4 cm³/mol. The Labute approximate surface area is 139 Å². The van der Waals surface area contributed by atoms with E-state index < -0.39 is 0 Å². The van der Waals surface area contributed by atoms with E-state index in [1.807, 2.05) is 20.8 Å². The third-order valence-corrected chi connectivity index (χ3v) is 4.52. The first-order valence-corrected chi connectivity index (χ1v) is 8.14. The molecule has 0 saturated heterocycles. The Bertz CT molecular complexity index is 777. The maximum absolute atomic E-state index is 11.9. The van der Waals surface area contributed by atoms with E-state index in [-0.39, 0.29) is 5.91 Å². The average molecular weight is 330 g/mol. The van der Waals surface area contributed by atoms with Crippen LogP contribution in [0.4, 0.5) is 5.82 Å². The number of nitriles is 1. The molecule has 0 bridgehead atoms. The smallest absolute Gasteiger partial charge is 0.226 e. The molecule has 1 amide bonds. The molecule has 1 N–H and O–H groups in total. The molecule has 0 fully saturated rings. The number of thioether (sulfide) groups is 1.